The number of hydrogen-bond donors (Lipinski definition) is 1. The van der Waals surface area contributed by atoms with E-state index in [4.69, 9.17) is 11.6 Å². The first kappa shape index (κ1) is 14.3. The fraction of sp³-hybridized carbons (Fsp3) is 0.571. The predicted molar refractivity (Wildman–Crippen MR) is 76.3 cm³/mol. The van der Waals surface area contributed by atoms with Gasteiger partial charge in [-0.3, -0.25) is 10.1 Å². The van der Waals surface area contributed by atoms with Crippen molar-refractivity contribution in [2.45, 2.75) is 39.3 Å². The molecular formula is C14H19ClN2O2. The molecule has 1 aromatic carbocycles. The molecule has 2 rings (SSSR count). The summed E-state index contributed by atoms with van der Waals surface area (Å²) in [5, 5.41) is 14.8. The van der Waals surface area contributed by atoms with Gasteiger partial charge in [0.2, 0.25) is 0 Å². The van der Waals surface area contributed by atoms with E-state index >= 15 is 0 Å². The van der Waals surface area contributed by atoms with E-state index in [9.17, 15) is 10.1 Å². The van der Waals surface area contributed by atoms with Gasteiger partial charge in [-0.05, 0) is 36.3 Å². The Kier molecular flexibility index (Phi) is 4.42. The second-order valence-electron chi connectivity index (χ2n) is 5.43. The molecule has 1 N–H and O–H groups in total. The number of nitrogens with one attached hydrogen (secondary N) is 1. The van der Waals surface area contributed by atoms with E-state index in [0.29, 0.717) is 23.5 Å². The summed E-state index contributed by atoms with van der Waals surface area (Å²) in [5.41, 5.74) is 0.886. The van der Waals surface area contributed by atoms with Crippen molar-refractivity contribution in [2.24, 2.45) is 11.8 Å². The van der Waals surface area contributed by atoms with Crippen LogP contribution in [0.15, 0.2) is 18.2 Å². The average molecular weight is 283 g/mol. The second-order valence-corrected chi connectivity index (χ2v) is 5.84. The Morgan fingerprint density at radius 1 is 1.42 bits per heavy atom. The molecule has 0 spiro atoms. The molecular weight excluding hydrogens is 264 g/mol. The second kappa shape index (κ2) is 5.88. The van der Waals surface area contributed by atoms with Gasteiger partial charge in [0.05, 0.1) is 4.92 Å². The van der Waals surface area contributed by atoms with E-state index in [2.05, 4.69) is 19.2 Å². The standard InChI is InChI=1S/C14H19ClN2O2/c1-9-3-6-14(10(9)2)16-8-11-7-12(17(18)19)4-5-13(11)15/h4-5,7,9-10,14,16H,3,6,8H2,1-2H3. The van der Waals surface area contributed by atoms with Crippen LogP contribution in [-0.2, 0) is 6.54 Å². The molecule has 0 aromatic heterocycles. The zero-order valence-electron chi connectivity index (χ0n) is 11.2. The van der Waals surface area contributed by atoms with Gasteiger partial charge in [0.25, 0.3) is 5.69 Å². The van der Waals surface area contributed by atoms with Gasteiger partial charge in [0, 0.05) is 29.7 Å². The van der Waals surface area contributed by atoms with Gasteiger partial charge in [-0.15, -0.1) is 0 Å². The Labute approximate surface area is 118 Å². The maximum Gasteiger partial charge on any atom is 0.269 e. The lowest BCUT2D eigenvalue weighted by Gasteiger charge is -2.20. The van der Waals surface area contributed by atoms with Crippen molar-refractivity contribution in [3.63, 3.8) is 0 Å². The smallest absolute Gasteiger partial charge is 0.269 e. The molecule has 4 nitrogen and oxygen atoms in total. The van der Waals surface area contributed by atoms with Crippen LogP contribution in [0.1, 0.15) is 32.3 Å². The SMILES string of the molecule is CC1CCC(NCc2cc([N+](=O)[O-])ccc2Cl)C1C. The first-order valence-corrected chi connectivity index (χ1v) is 7.03. The summed E-state index contributed by atoms with van der Waals surface area (Å²) in [4.78, 5) is 10.4. The molecule has 0 bridgehead atoms. The van der Waals surface area contributed by atoms with Gasteiger partial charge in [-0.2, -0.15) is 0 Å². The summed E-state index contributed by atoms with van der Waals surface area (Å²) >= 11 is 6.09. The van der Waals surface area contributed by atoms with Crippen molar-refractivity contribution < 1.29 is 4.92 Å². The molecule has 19 heavy (non-hydrogen) atoms. The third-order valence-electron chi connectivity index (χ3n) is 4.26. The molecule has 0 heterocycles. The van der Waals surface area contributed by atoms with E-state index in [0.717, 1.165) is 17.9 Å². The minimum Gasteiger partial charge on any atom is -0.310 e. The van der Waals surface area contributed by atoms with E-state index in [-0.39, 0.29) is 10.6 Å². The third-order valence-corrected chi connectivity index (χ3v) is 4.63. The van der Waals surface area contributed by atoms with E-state index in [1.807, 2.05) is 0 Å². The van der Waals surface area contributed by atoms with Crippen LogP contribution in [-0.4, -0.2) is 11.0 Å². The summed E-state index contributed by atoms with van der Waals surface area (Å²) in [7, 11) is 0. The number of nitrogens with zero attached hydrogens (tertiary/aromatic N) is 1. The molecule has 0 radical (unpaired) electrons. The van der Waals surface area contributed by atoms with E-state index in [1.54, 1.807) is 12.1 Å². The van der Waals surface area contributed by atoms with E-state index in [1.165, 1.54) is 12.5 Å². The van der Waals surface area contributed by atoms with Crippen molar-refractivity contribution >= 4 is 17.3 Å². The largest absolute Gasteiger partial charge is 0.310 e. The molecule has 1 aliphatic carbocycles. The van der Waals surface area contributed by atoms with Crippen molar-refractivity contribution in [1.82, 2.24) is 5.32 Å². The Morgan fingerprint density at radius 3 is 2.74 bits per heavy atom. The maximum absolute atomic E-state index is 10.8. The molecule has 3 atom stereocenters. The number of benzene rings is 1. The summed E-state index contributed by atoms with van der Waals surface area (Å²) < 4.78 is 0. The highest BCUT2D eigenvalue weighted by Crippen LogP contribution is 2.31. The van der Waals surface area contributed by atoms with Crippen LogP contribution < -0.4 is 5.32 Å². The summed E-state index contributed by atoms with van der Waals surface area (Å²) in [6.07, 6.45) is 2.40. The Morgan fingerprint density at radius 2 is 2.16 bits per heavy atom. The van der Waals surface area contributed by atoms with Crippen LogP contribution in [0.25, 0.3) is 0 Å². The van der Waals surface area contributed by atoms with Crippen LogP contribution in [0.3, 0.4) is 0 Å². The normalized spacial score (nSPS) is 26.6. The molecule has 5 heteroatoms. The summed E-state index contributed by atoms with van der Waals surface area (Å²) in [6, 6.07) is 5.06. The maximum atomic E-state index is 10.8. The Hall–Kier alpha value is -1.13. The number of non-ortho nitro benzene ring substituents is 1. The number of nitro benzene ring substituents is 1. The zero-order valence-corrected chi connectivity index (χ0v) is 12.0. The minimum absolute atomic E-state index is 0.0917. The van der Waals surface area contributed by atoms with Gasteiger partial charge in [-0.1, -0.05) is 25.4 Å². The van der Waals surface area contributed by atoms with Gasteiger partial charge < -0.3 is 5.32 Å². The zero-order chi connectivity index (χ0) is 14.0. The molecule has 1 fully saturated rings. The first-order chi connectivity index (χ1) is 8.99. The fourth-order valence-electron chi connectivity index (χ4n) is 2.70. The molecule has 1 aromatic rings. The number of halogens is 1. The molecule has 0 aliphatic heterocycles. The Bertz CT molecular complexity index is 479. The summed E-state index contributed by atoms with van der Waals surface area (Å²) in [5.74, 6) is 1.37. The van der Waals surface area contributed by atoms with Crippen molar-refractivity contribution in [3.05, 3.63) is 38.9 Å². The van der Waals surface area contributed by atoms with Gasteiger partial charge >= 0.3 is 0 Å². The van der Waals surface area contributed by atoms with Crippen molar-refractivity contribution in [1.29, 1.82) is 0 Å². The lowest BCUT2D eigenvalue weighted by Crippen LogP contribution is -2.31. The minimum atomic E-state index is -0.389. The van der Waals surface area contributed by atoms with Crippen LogP contribution in [0.2, 0.25) is 5.02 Å². The van der Waals surface area contributed by atoms with Crippen LogP contribution >= 0.6 is 11.6 Å². The van der Waals surface area contributed by atoms with Crippen LogP contribution in [0.4, 0.5) is 5.69 Å². The van der Waals surface area contributed by atoms with Crippen LogP contribution in [0.5, 0.6) is 0 Å². The number of rotatable bonds is 4. The van der Waals surface area contributed by atoms with Gasteiger partial charge in [0.15, 0.2) is 0 Å². The fourth-order valence-corrected chi connectivity index (χ4v) is 2.89. The lowest BCUT2D eigenvalue weighted by atomic mass is 9.97. The first-order valence-electron chi connectivity index (χ1n) is 6.65. The highest BCUT2D eigenvalue weighted by atomic mass is 35.5. The lowest BCUT2D eigenvalue weighted by molar-refractivity contribution is -0.384. The molecule has 3 unspecified atom stereocenters. The molecule has 0 saturated heterocycles. The van der Waals surface area contributed by atoms with Crippen molar-refractivity contribution in [3.8, 4) is 0 Å². The molecule has 104 valence electrons. The Balaban J connectivity index is 2.03. The molecule has 1 aliphatic rings. The molecule has 0 amide bonds. The number of hydrogen-bond acceptors (Lipinski definition) is 3. The quantitative estimate of drug-likeness (QED) is 0.675. The average Bonchev–Trinajstić information content (AvgIpc) is 2.69. The van der Waals surface area contributed by atoms with Gasteiger partial charge in [0.1, 0.15) is 0 Å². The van der Waals surface area contributed by atoms with Crippen LogP contribution in [0, 0.1) is 22.0 Å². The van der Waals surface area contributed by atoms with E-state index < -0.39 is 0 Å². The highest BCUT2D eigenvalue weighted by molar-refractivity contribution is 6.31. The monoisotopic (exact) mass is 282 g/mol. The highest BCUT2D eigenvalue weighted by Gasteiger charge is 2.29. The van der Waals surface area contributed by atoms with Gasteiger partial charge in [-0.25, -0.2) is 0 Å². The topological polar surface area (TPSA) is 55.2 Å². The third kappa shape index (κ3) is 3.25. The predicted octanol–water partition coefficient (Wildman–Crippen LogP) is 3.77. The number of nitro groups is 1. The molecule has 1 saturated carbocycles. The summed E-state index contributed by atoms with van der Waals surface area (Å²) in [6.45, 7) is 5.11. The van der Waals surface area contributed by atoms with Crippen molar-refractivity contribution in [2.75, 3.05) is 0 Å².